The number of nitrogens with zero attached hydrogens (tertiary/aromatic N) is 3. The van der Waals surface area contributed by atoms with E-state index in [0.29, 0.717) is 12.1 Å². The lowest BCUT2D eigenvalue weighted by molar-refractivity contribution is 0.617. The summed E-state index contributed by atoms with van der Waals surface area (Å²) < 4.78 is 1.96. The topological polar surface area (TPSA) is 54.2 Å². The van der Waals surface area contributed by atoms with Crippen molar-refractivity contribution in [3.05, 3.63) is 17.0 Å². The number of rotatable bonds is 6. The Morgan fingerprint density at radius 3 is 2.73 bits per heavy atom. The molecule has 1 heterocycles. The molecule has 1 fully saturated rings. The third kappa shape index (κ3) is 4.02. The molecule has 2 rings (SSSR count). The van der Waals surface area contributed by atoms with Crippen LogP contribution in [0, 0.1) is 19.8 Å². The van der Waals surface area contributed by atoms with Gasteiger partial charge in [0.2, 0.25) is 0 Å². The van der Waals surface area contributed by atoms with Crippen LogP contribution in [0.25, 0.3) is 0 Å². The first-order valence-corrected chi connectivity index (χ1v) is 8.45. The predicted octanol–water partition coefficient (Wildman–Crippen LogP) is 2.32. The van der Waals surface area contributed by atoms with Crippen LogP contribution in [0.4, 0.5) is 0 Å². The van der Waals surface area contributed by atoms with E-state index in [2.05, 4.69) is 48.4 Å². The molecule has 0 aliphatic heterocycles. The fourth-order valence-corrected chi connectivity index (χ4v) is 3.16. The molecule has 0 saturated heterocycles. The number of hydrogen-bond donors (Lipinski definition) is 2. The van der Waals surface area contributed by atoms with Crippen LogP contribution in [0.2, 0.25) is 0 Å². The molecule has 3 unspecified atom stereocenters. The van der Waals surface area contributed by atoms with E-state index >= 15 is 0 Å². The molecule has 1 aromatic heterocycles. The summed E-state index contributed by atoms with van der Waals surface area (Å²) in [7, 11) is 3.85. The van der Waals surface area contributed by atoms with Gasteiger partial charge in [-0.15, -0.1) is 0 Å². The predicted molar refractivity (Wildman–Crippen MR) is 92.3 cm³/mol. The van der Waals surface area contributed by atoms with E-state index in [1.165, 1.54) is 30.5 Å². The van der Waals surface area contributed by atoms with Crippen LogP contribution < -0.4 is 10.6 Å². The summed E-state index contributed by atoms with van der Waals surface area (Å²) in [5.74, 6) is 1.76. The van der Waals surface area contributed by atoms with E-state index in [-0.39, 0.29) is 0 Å². The van der Waals surface area contributed by atoms with Crippen molar-refractivity contribution in [3.8, 4) is 0 Å². The molecule has 1 aromatic rings. The van der Waals surface area contributed by atoms with Gasteiger partial charge in [0.1, 0.15) is 0 Å². The molecule has 2 N–H and O–H groups in total. The number of guanidine groups is 1. The lowest BCUT2D eigenvalue weighted by Crippen LogP contribution is -2.44. The van der Waals surface area contributed by atoms with Crippen LogP contribution in [0.3, 0.4) is 0 Å². The quantitative estimate of drug-likeness (QED) is 0.626. The van der Waals surface area contributed by atoms with Crippen molar-refractivity contribution in [2.24, 2.45) is 18.0 Å². The highest BCUT2D eigenvalue weighted by molar-refractivity contribution is 5.80. The number of nitrogens with one attached hydrogen (secondary N) is 2. The monoisotopic (exact) mass is 305 g/mol. The summed E-state index contributed by atoms with van der Waals surface area (Å²) >= 11 is 0. The molecule has 5 heteroatoms. The summed E-state index contributed by atoms with van der Waals surface area (Å²) in [5, 5.41) is 11.6. The van der Waals surface area contributed by atoms with E-state index in [0.717, 1.165) is 24.0 Å². The zero-order valence-corrected chi connectivity index (χ0v) is 14.9. The molecule has 0 spiro atoms. The first-order chi connectivity index (χ1) is 10.5. The maximum absolute atomic E-state index is 4.49. The first kappa shape index (κ1) is 16.8. The van der Waals surface area contributed by atoms with Gasteiger partial charge in [-0.2, -0.15) is 5.10 Å². The van der Waals surface area contributed by atoms with Crippen LogP contribution in [-0.4, -0.2) is 34.9 Å². The molecule has 1 aliphatic carbocycles. The molecule has 0 radical (unpaired) electrons. The summed E-state index contributed by atoms with van der Waals surface area (Å²) in [6, 6.07) is 0.941. The smallest absolute Gasteiger partial charge is 0.191 e. The normalized spacial score (nSPS) is 22.5. The van der Waals surface area contributed by atoms with Gasteiger partial charge < -0.3 is 10.6 Å². The van der Waals surface area contributed by atoms with Crippen molar-refractivity contribution in [2.45, 2.75) is 65.5 Å². The number of hydrogen-bond acceptors (Lipinski definition) is 2. The maximum Gasteiger partial charge on any atom is 0.191 e. The van der Waals surface area contributed by atoms with E-state index in [4.69, 9.17) is 0 Å². The molecule has 3 atom stereocenters. The van der Waals surface area contributed by atoms with Crippen LogP contribution in [0.5, 0.6) is 0 Å². The fraction of sp³-hybridized carbons (Fsp3) is 0.765. The van der Waals surface area contributed by atoms with Crippen molar-refractivity contribution in [1.29, 1.82) is 0 Å². The molecule has 0 aromatic carbocycles. The van der Waals surface area contributed by atoms with Gasteiger partial charge in [0.15, 0.2) is 5.96 Å². The molecule has 0 amide bonds. The van der Waals surface area contributed by atoms with Crippen molar-refractivity contribution in [2.75, 3.05) is 7.05 Å². The second-order valence-corrected chi connectivity index (χ2v) is 6.63. The van der Waals surface area contributed by atoms with Crippen molar-refractivity contribution in [3.63, 3.8) is 0 Å². The SMILES string of the molecule is CCCC1CC1NC(=NC)NC(C)Cc1c(C)nn(C)c1C. The highest BCUT2D eigenvalue weighted by atomic mass is 15.3. The zero-order chi connectivity index (χ0) is 16.3. The largest absolute Gasteiger partial charge is 0.354 e. The number of aromatic nitrogens is 2. The van der Waals surface area contributed by atoms with Gasteiger partial charge in [0.05, 0.1) is 5.69 Å². The maximum atomic E-state index is 4.49. The van der Waals surface area contributed by atoms with E-state index in [9.17, 15) is 0 Å². The summed E-state index contributed by atoms with van der Waals surface area (Å²) in [6.45, 7) is 8.68. The Morgan fingerprint density at radius 1 is 1.45 bits per heavy atom. The minimum Gasteiger partial charge on any atom is -0.354 e. The van der Waals surface area contributed by atoms with Crippen LogP contribution in [-0.2, 0) is 13.5 Å². The molecule has 1 saturated carbocycles. The Kier molecular flexibility index (Phi) is 5.48. The number of aliphatic imine (C=N–C) groups is 1. The molecule has 5 nitrogen and oxygen atoms in total. The van der Waals surface area contributed by atoms with Crippen LogP contribution in [0.1, 0.15) is 50.1 Å². The summed E-state index contributed by atoms with van der Waals surface area (Å²) in [4.78, 5) is 4.37. The third-order valence-electron chi connectivity index (χ3n) is 4.68. The molecule has 1 aliphatic rings. The van der Waals surface area contributed by atoms with Crippen LogP contribution >= 0.6 is 0 Å². The Labute approximate surface area is 134 Å². The lowest BCUT2D eigenvalue weighted by atomic mass is 10.1. The van der Waals surface area contributed by atoms with Gasteiger partial charge >= 0.3 is 0 Å². The van der Waals surface area contributed by atoms with E-state index in [1.54, 1.807) is 0 Å². The van der Waals surface area contributed by atoms with Gasteiger partial charge in [-0.3, -0.25) is 9.67 Å². The van der Waals surface area contributed by atoms with Crippen molar-refractivity contribution < 1.29 is 0 Å². The summed E-state index contributed by atoms with van der Waals surface area (Å²) in [5.41, 5.74) is 3.72. The van der Waals surface area contributed by atoms with Gasteiger partial charge in [-0.05, 0) is 51.5 Å². The third-order valence-corrected chi connectivity index (χ3v) is 4.68. The Balaban J connectivity index is 1.86. The van der Waals surface area contributed by atoms with Crippen LogP contribution in [0.15, 0.2) is 4.99 Å². The average molecular weight is 305 g/mol. The zero-order valence-electron chi connectivity index (χ0n) is 14.9. The van der Waals surface area contributed by atoms with Crippen molar-refractivity contribution in [1.82, 2.24) is 20.4 Å². The average Bonchev–Trinajstić information content (AvgIpc) is 3.15. The van der Waals surface area contributed by atoms with Crippen molar-refractivity contribution >= 4 is 5.96 Å². The molecule has 0 bridgehead atoms. The second-order valence-electron chi connectivity index (χ2n) is 6.63. The van der Waals surface area contributed by atoms with Gasteiger partial charge in [0, 0.05) is 31.9 Å². The highest BCUT2D eigenvalue weighted by Crippen LogP contribution is 2.34. The lowest BCUT2D eigenvalue weighted by Gasteiger charge is -2.18. The first-order valence-electron chi connectivity index (χ1n) is 8.45. The highest BCUT2D eigenvalue weighted by Gasteiger charge is 2.36. The minimum absolute atomic E-state index is 0.330. The number of aryl methyl sites for hydroxylation is 2. The Morgan fingerprint density at radius 2 is 2.18 bits per heavy atom. The Bertz CT molecular complexity index is 531. The molecule has 124 valence electrons. The van der Waals surface area contributed by atoms with E-state index < -0.39 is 0 Å². The fourth-order valence-electron chi connectivity index (χ4n) is 3.16. The standard InChI is InChI=1S/C17H31N5/c1-7-8-14-10-16(14)20-17(18-5)19-11(2)9-15-12(3)21-22(6)13(15)4/h11,14,16H,7-10H2,1-6H3,(H2,18,19,20). The Hall–Kier alpha value is -1.52. The van der Waals surface area contributed by atoms with Gasteiger partial charge in [0.25, 0.3) is 0 Å². The molecular weight excluding hydrogens is 274 g/mol. The molecule has 22 heavy (non-hydrogen) atoms. The molecular formula is C17H31N5. The summed E-state index contributed by atoms with van der Waals surface area (Å²) in [6.07, 6.45) is 4.84. The second kappa shape index (κ2) is 7.16. The van der Waals surface area contributed by atoms with Gasteiger partial charge in [-0.1, -0.05) is 13.3 Å². The van der Waals surface area contributed by atoms with E-state index in [1.807, 2.05) is 18.8 Å². The van der Waals surface area contributed by atoms with Gasteiger partial charge in [-0.25, -0.2) is 0 Å². The minimum atomic E-state index is 0.330.